The first-order valence-electron chi connectivity index (χ1n) is 8.61. The van der Waals surface area contributed by atoms with Gasteiger partial charge >= 0.3 is 0 Å². The molecule has 6 heteroatoms. The minimum Gasteiger partial charge on any atom is -0.495 e. The van der Waals surface area contributed by atoms with Crippen molar-refractivity contribution < 1.29 is 19.0 Å². The first-order valence-corrected chi connectivity index (χ1v) is 8.98. The maximum Gasteiger partial charge on any atom is 0.262 e. The molecule has 0 spiro atoms. The molecular formula is C22H20ClNO4. The molecule has 0 bridgehead atoms. The Labute approximate surface area is 168 Å². The Balaban J connectivity index is 1.73. The summed E-state index contributed by atoms with van der Waals surface area (Å²) in [6, 6.07) is 20.6. The van der Waals surface area contributed by atoms with Crippen LogP contribution >= 0.6 is 11.6 Å². The van der Waals surface area contributed by atoms with Gasteiger partial charge in [-0.05, 0) is 11.6 Å². The van der Waals surface area contributed by atoms with E-state index >= 15 is 0 Å². The van der Waals surface area contributed by atoms with Crippen LogP contribution < -0.4 is 19.5 Å². The summed E-state index contributed by atoms with van der Waals surface area (Å²) in [5, 5.41) is 3.16. The number of hydrogen-bond acceptors (Lipinski definition) is 4. The highest BCUT2D eigenvalue weighted by atomic mass is 35.5. The second-order valence-corrected chi connectivity index (χ2v) is 6.29. The van der Waals surface area contributed by atoms with E-state index in [9.17, 15) is 4.79 Å². The fraction of sp³-hybridized carbons (Fsp3) is 0.136. The van der Waals surface area contributed by atoms with Crippen LogP contribution in [0.5, 0.6) is 17.2 Å². The Morgan fingerprint density at radius 1 is 0.893 bits per heavy atom. The van der Waals surface area contributed by atoms with Crippen molar-refractivity contribution in [1.82, 2.24) is 0 Å². The molecule has 28 heavy (non-hydrogen) atoms. The minimum absolute atomic E-state index is 0.155. The van der Waals surface area contributed by atoms with Gasteiger partial charge in [0.05, 0.1) is 24.9 Å². The summed E-state index contributed by atoms with van der Waals surface area (Å²) in [4.78, 5) is 12.4. The number of ether oxygens (including phenoxy) is 3. The number of benzene rings is 3. The summed E-state index contributed by atoms with van der Waals surface area (Å²) in [6.07, 6.45) is 0. The Morgan fingerprint density at radius 2 is 1.57 bits per heavy atom. The zero-order chi connectivity index (χ0) is 19.9. The van der Waals surface area contributed by atoms with E-state index in [1.807, 2.05) is 54.6 Å². The second kappa shape index (κ2) is 9.15. The van der Waals surface area contributed by atoms with E-state index in [-0.39, 0.29) is 12.5 Å². The SMILES string of the molecule is COc1cc(NC(=O)COc2ccccc2-c2ccccc2)c(OC)cc1Cl. The van der Waals surface area contributed by atoms with Crippen molar-refractivity contribution in [2.24, 2.45) is 0 Å². The third-order valence-corrected chi connectivity index (χ3v) is 4.37. The van der Waals surface area contributed by atoms with Gasteiger partial charge in [-0.1, -0.05) is 60.1 Å². The topological polar surface area (TPSA) is 56.8 Å². The van der Waals surface area contributed by atoms with E-state index in [2.05, 4.69) is 5.32 Å². The summed E-state index contributed by atoms with van der Waals surface area (Å²) < 4.78 is 16.2. The summed E-state index contributed by atoms with van der Waals surface area (Å²) >= 11 is 6.09. The van der Waals surface area contributed by atoms with Crippen LogP contribution in [0.15, 0.2) is 66.7 Å². The van der Waals surface area contributed by atoms with Gasteiger partial charge in [0.25, 0.3) is 5.91 Å². The van der Waals surface area contributed by atoms with Gasteiger partial charge in [0.1, 0.15) is 17.2 Å². The number of methoxy groups -OCH3 is 2. The zero-order valence-electron chi connectivity index (χ0n) is 15.6. The predicted octanol–water partition coefficient (Wildman–Crippen LogP) is 5.04. The molecule has 0 heterocycles. The van der Waals surface area contributed by atoms with Gasteiger partial charge in [-0.25, -0.2) is 0 Å². The molecule has 3 aromatic rings. The molecule has 0 fully saturated rings. The number of carbonyl (C=O) groups excluding carboxylic acids is 1. The van der Waals surface area contributed by atoms with Crippen molar-refractivity contribution >= 4 is 23.2 Å². The average Bonchev–Trinajstić information content (AvgIpc) is 2.74. The van der Waals surface area contributed by atoms with Crippen LogP contribution in [0, 0.1) is 0 Å². The van der Waals surface area contributed by atoms with Crippen LogP contribution in [0.3, 0.4) is 0 Å². The number of amides is 1. The highest BCUT2D eigenvalue weighted by Gasteiger charge is 2.14. The third kappa shape index (κ3) is 4.56. The molecule has 5 nitrogen and oxygen atoms in total. The highest BCUT2D eigenvalue weighted by molar-refractivity contribution is 6.32. The Morgan fingerprint density at radius 3 is 2.29 bits per heavy atom. The number of para-hydroxylation sites is 1. The molecule has 0 unspecified atom stereocenters. The predicted molar refractivity (Wildman–Crippen MR) is 111 cm³/mol. The first kappa shape index (κ1) is 19.6. The average molecular weight is 398 g/mol. The third-order valence-electron chi connectivity index (χ3n) is 4.08. The van der Waals surface area contributed by atoms with Gasteiger partial charge in [0.2, 0.25) is 0 Å². The summed E-state index contributed by atoms with van der Waals surface area (Å²) in [5.41, 5.74) is 2.39. The van der Waals surface area contributed by atoms with Crippen molar-refractivity contribution in [2.45, 2.75) is 0 Å². The Hall–Kier alpha value is -3.18. The van der Waals surface area contributed by atoms with Crippen LogP contribution in [0.25, 0.3) is 11.1 Å². The van der Waals surface area contributed by atoms with E-state index in [0.29, 0.717) is 28.0 Å². The van der Waals surface area contributed by atoms with Crippen molar-refractivity contribution in [2.75, 3.05) is 26.1 Å². The summed E-state index contributed by atoms with van der Waals surface area (Å²) in [7, 11) is 3.00. The summed E-state index contributed by atoms with van der Waals surface area (Å²) in [6.45, 7) is -0.155. The van der Waals surface area contributed by atoms with Gasteiger partial charge in [-0.3, -0.25) is 4.79 Å². The van der Waals surface area contributed by atoms with E-state index < -0.39 is 0 Å². The Kier molecular flexibility index (Phi) is 6.40. The fourth-order valence-electron chi connectivity index (χ4n) is 2.74. The Bertz CT molecular complexity index is 960. The van der Waals surface area contributed by atoms with Crippen LogP contribution in [0.4, 0.5) is 5.69 Å². The molecule has 0 aliphatic carbocycles. The molecule has 0 aromatic heterocycles. The second-order valence-electron chi connectivity index (χ2n) is 5.89. The van der Waals surface area contributed by atoms with Gasteiger partial charge in [-0.15, -0.1) is 0 Å². The summed E-state index contributed by atoms with van der Waals surface area (Å²) in [5.74, 6) is 1.17. The lowest BCUT2D eigenvalue weighted by atomic mass is 10.1. The molecule has 0 radical (unpaired) electrons. The molecule has 0 aliphatic rings. The number of rotatable bonds is 7. The van der Waals surface area contributed by atoms with Crippen molar-refractivity contribution in [1.29, 1.82) is 0 Å². The quantitative estimate of drug-likeness (QED) is 0.606. The van der Waals surface area contributed by atoms with Crippen LogP contribution in [0.1, 0.15) is 0 Å². The van der Waals surface area contributed by atoms with Gasteiger partial charge < -0.3 is 19.5 Å². The lowest BCUT2D eigenvalue weighted by Crippen LogP contribution is -2.20. The van der Waals surface area contributed by atoms with Crippen molar-refractivity contribution in [3.05, 3.63) is 71.8 Å². The van der Waals surface area contributed by atoms with Crippen LogP contribution in [-0.2, 0) is 4.79 Å². The van der Waals surface area contributed by atoms with Crippen molar-refractivity contribution in [3.8, 4) is 28.4 Å². The molecule has 0 saturated carbocycles. The fourth-order valence-corrected chi connectivity index (χ4v) is 2.97. The molecule has 144 valence electrons. The van der Waals surface area contributed by atoms with Crippen molar-refractivity contribution in [3.63, 3.8) is 0 Å². The number of halogens is 1. The highest BCUT2D eigenvalue weighted by Crippen LogP contribution is 2.36. The molecule has 0 aliphatic heterocycles. The largest absolute Gasteiger partial charge is 0.495 e. The lowest BCUT2D eigenvalue weighted by molar-refractivity contribution is -0.118. The standard InChI is InChI=1S/C22H20ClNO4/c1-26-20-13-18(21(27-2)12-17(20)23)24-22(25)14-28-19-11-7-6-10-16(19)15-8-4-3-5-9-15/h3-13H,14H2,1-2H3,(H,24,25). The molecular weight excluding hydrogens is 378 g/mol. The molecule has 3 rings (SSSR count). The van der Waals surface area contributed by atoms with Gasteiger partial charge in [-0.2, -0.15) is 0 Å². The number of hydrogen-bond donors (Lipinski definition) is 1. The van der Waals surface area contributed by atoms with E-state index in [1.54, 1.807) is 12.1 Å². The van der Waals surface area contributed by atoms with E-state index in [1.165, 1.54) is 14.2 Å². The lowest BCUT2D eigenvalue weighted by Gasteiger charge is -2.14. The number of carbonyl (C=O) groups is 1. The number of anilines is 1. The number of nitrogens with one attached hydrogen (secondary N) is 1. The first-order chi connectivity index (χ1) is 13.6. The minimum atomic E-state index is -0.328. The zero-order valence-corrected chi connectivity index (χ0v) is 16.3. The van der Waals surface area contributed by atoms with Gasteiger partial charge in [0, 0.05) is 17.7 Å². The van der Waals surface area contributed by atoms with Crippen LogP contribution in [0.2, 0.25) is 5.02 Å². The van der Waals surface area contributed by atoms with Crippen LogP contribution in [-0.4, -0.2) is 26.7 Å². The monoisotopic (exact) mass is 397 g/mol. The molecule has 1 N–H and O–H groups in total. The van der Waals surface area contributed by atoms with E-state index in [4.69, 9.17) is 25.8 Å². The molecule has 0 saturated heterocycles. The van der Waals surface area contributed by atoms with Gasteiger partial charge in [0.15, 0.2) is 6.61 Å². The van der Waals surface area contributed by atoms with E-state index in [0.717, 1.165) is 11.1 Å². The maximum atomic E-state index is 12.4. The smallest absolute Gasteiger partial charge is 0.262 e. The molecule has 1 amide bonds. The normalized spacial score (nSPS) is 10.2. The molecule has 0 atom stereocenters. The maximum absolute atomic E-state index is 12.4. The molecule has 3 aromatic carbocycles.